The second-order valence-corrected chi connectivity index (χ2v) is 6.61. The van der Waals surface area contributed by atoms with Crippen LogP contribution in [0.4, 0.5) is 11.4 Å². The smallest absolute Gasteiger partial charge is 0.275 e. The number of nitrogens with zero attached hydrogens (tertiary/aromatic N) is 6. The number of rotatable bonds is 3. The molecule has 0 atom stereocenters. The van der Waals surface area contributed by atoms with Gasteiger partial charge in [-0.1, -0.05) is 0 Å². The molecule has 1 aliphatic heterocycles. The standard InChI is InChI=1S/C18H21N7O/c1-13-9-14(24-7-5-23(2)6-8-24)3-4-15(13)21-18(26)16-11-25-12-20-22-17(25)10-19-16/h3-4,9-12H,5-8H2,1-2H3,(H,21,26). The molecule has 0 spiro atoms. The van der Waals surface area contributed by atoms with E-state index in [1.807, 2.05) is 13.0 Å². The van der Waals surface area contributed by atoms with E-state index in [1.54, 1.807) is 16.9 Å². The monoisotopic (exact) mass is 351 g/mol. The molecule has 26 heavy (non-hydrogen) atoms. The van der Waals surface area contributed by atoms with Crippen molar-refractivity contribution in [2.24, 2.45) is 0 Å². The summed E-state index contributed by atoms with van der Waals surface area (Å²) in [7, 11) is 2.15. The van der Waals surface area contributed by atoms with Gasteiger partial charge in [-0.2, -0.15) is 0 Å². The predicted octanol–water partition coefficient (Wildman–Crippen LogP) is 1.44. The largest absolute Gasteiger partial charge is 0.369 e. The van der Waals surface area contributed by atoms with Gasteiger partial charge in [-0.25, -0.2) is 4.98 Å². The summed E-state index contributed by atoms with van der Waals surface area (Å²) < 4.78 is 1.67. The third kappa shape index (κ3) is 3.23. The maximum atomic E-state index is 12.5. The fourth-order valence-electron chi connectivity index (χ4n) is 3.09. The number of carbonyl (C=O) groups excluding carboxylic acids is 1. The first kappa shape index (κ1) is 16.5. The van der Waals surface area contributed by atoms with E-state index in [-0.39, 0.29) is 5.91 Å². The summed E-state index contributed by atoms with van der Waals surface area (Å²) in [6.07, 6.45) is 4.70. The molecule has 0 bridgehead atoms. The van der Waals surface area contributed by atoms with E-state index in [4.69, 9.17) is 0 Å². The second-order valence-electron chi connectivity index (χ2n) is 6.61. The molecule has 3 aromatic rings. The molecule has 8 nitrogen and oxygen atoms in total. The maximum absolute atomic E-state index is 12.5. The molecule has 1 fully saturated rings. The number of hydrogen-bond acceptors (Lipinski definition) is 6. The summed E-state index contributed by atoms with van der Waals surface area (Å²) in [6, 6.07) is 6.14. The second kappa shape index (κ2) is 6.72. The van der Waals surface area contributed by atoms with Crippen molar-refractivity contribution in [2.45, 2.75) is 6.92 Å². The van der Waals surface area contributed by atoms with E-state index < -0.39 is 0 Å². The highest BCUT2D eigenvalue weighted by molar-refractivity contribution is 6.03. The van der Waals surface area contributed by atoms with Crippen LogP contribution in [0.5, 0.6) is 0 Å². The van der Waals surface area contributed by atoms with Crippen LogP contribution in [0, 0.1) is 6.92 Å². The van der Waals surface area contributed by atoms with Crippen molar-refractivity contribution >= 4 is 22.9 Å². The molecule has 1 N–H and O–H groups in total. The topological polar surface area (TPSA) is 78.7 Å². The fourth-order valence-corrected chi connectivity index (χ4v) is 3.09. The van der Waals surface area contributed by atoms with Crippen molar-refractivity contribution in [3.63, 3.8) is 0 Å². The number of nitrogens with one attached hydrogen (secondary N) is 1. The molecule has 0 saturated carbocycles. The predicted molar refractivity (Wildman–Crippen MR) is 99.6 cm³/mol. The van der Waals surface area contributed by atoms with E-state index in [0.29, 0.717) is 11.3 Å². The summed E-state index contributed by atoms with van der Waals surface area (Å²) >= 11 is 0. The van der Waals surface area contributed by atoms with Gasteiger partial charge in [0.1, 0.15) is 12.0 Å². The normalized spacial score (nSPS) is 15.4. The first-order valence-corrected chi connectivity index (χ1v) is 8.61. The minimum Gasteiger partial charge on any atom is -0.369 e. The van der Waals surface area contributed by atoms with Crippen LogP contribution in [-0.2, 0) is 0 Å². The van der Waals surface area contributed by atoms with Crippen LogP contribution in [0.2, 0.25) is 0 Å². The summed E-state index contributed by atoms with van der Waals surface area (Å²) in [4.78, 5) is 21.4. The average Bonchev–Trinajstić information content (AvgIpc) is 3.11. The number of fused-ring (bicyclic) bond motifs is 1. The highest BCUT2D eigenvalue weighted by atomic mass is 16.1. The van der Waals surface area contributed by atoms with Gasteiger partial charge in [-0.05, 0) is 37.7 Å². The lowest BCUT2D eigenvalue weighted by Gasteiger charge is -2.34. The number of benzene rings is 1. The van der Waals surface area contributed by atoms with Gasteiger partial charge in [0.15, 0.2) is 5.65 Å². The molecule has 8 heteroatoms. The van der Waals surface area contributed by atoms with Crippen molar-refractivity contribution < 1.29 is 4.79 Å². The maximum Gasteiger partial charge on any atom is 0.275 e. The van der Waals surface area contributed by atoms with Gasteiger partial charge in [0, 0.05) is 43.8 Å². The van der Waals surface area contributed by atoms with Gasteiger partial charge in [-0.3, -0.25) is 9.20 Å². The van der Waals surface area contributed by atoms with E-state index >= 15 is 0 Å². The van der Waals surface area contributed by atoms with Crippen LogP contribution < -0.4 is 10.2 Å². The van der Waals surface area contributed by atoms with Crippen LogP contribution in [-0.4, -0.2) is 63.6 Å². The van der Waals surface area contributed by atoms with Gasteiger partial charge in [-0.15, -0.1) is 10.2 Å². The zero-order valence-electron chi connectivity index (χ0n) is 14.9. The van der Waals surface area contributed by atoms with Crippen LogP contribution in [0.3, 0.4) is 0 Å². The van der Waals surface area contributed by atoms with E-state index in [2.05, 4.69) is 49.5 Å². The van der Waals surface area contributed by atoms with E-state index in [9.17, 15) is 4.79 Å². The molecule has 0 aliphatic carbocycles. The Morgan fingerprint density at radius 3 is 2.77 bits per heavy atom. The lowest BCUT2D eigenvalue weighted by Crippen LogP contribution is -2.44. The number of carbonyl (C=O) groups is 1. The molecular weight excluding hydrogens is 330 g/mol. The summed E-state index contributed by atoms with van der Waals surface area (Å²) in [5, 5.41) is 10.6. The third-order valence-electron chi connectivity index (χ3n) is 4.74. The zero-order chi connectivity index (χ0) is 18.1. The highest BCUT2D eigenvalue weighted by Crippen LogP contribution is 2.24. The van der Waals surface area contributed by atoms with Crippen molar-refractivity contribution in [2.75, 3.05) is 43.4 Å². The van der Waals surface area contributed by atoms with Gasteiger partial charge >= 0.3 is 0 Å². The van der Waals surface area contributed by atoms with Crippen LogP contribution in [0.1, 0.15) is 16.1 Å². The SMILES string of the molecule is Cc1cc(N2CCN(C)CC2)ccc1NC(=O)c1cn2cnnc2cn1. The number of anilines is 2. The van der Waals surface area contributed by atoms with E-state index in [0.717, 1.165) is 37.4 Å². The number of aromatic nitrogens is 4. The van der Waals surface area contributed by atoms with Gasteiger partial charge in [0.2, 0.25) is 0 Å². The molecule has 0 unspecified atom stereocenters. The Kier molecular flexibility index (Phi) is 4.26. The lowest BCUT2D eigenvalue weighted by molar-refractivity contribution is 0.102. The van der Waals surface area contributed by atoms with Gasteiger partial charge in [0.25, 0.3) is 5.91 Å². The number of likely N-dealkylation sites (N-methyl/N-ethyl adjacent to an activating group) is 1. The fraction of sp³-hybridized carbons (Fsp3) is 0.333. The van der Waals surface area contributed by atoms with Crippen molar-refractivity contribution in [3.8, 4) is 0 Å². The number of aryl methyl sites for hydroxylation is 1. The van der Waals surface area contributed by atoms with Gasteiger partial charge < -0.3 is 15.1 Å². The van der Waals surface area contributed by atoms with Crippen LogP contribution in [0.15, 0.2) is 36.9 Å². The average molecular weight is 351 g/mol. The van der Waals surface area contributed by atoms with E-state index in [1.165, 1.54) is 11.9 Å². The Labute approximate surface area is 151 Å². The molecule has 134 valence electrons. The Hall–Kier alpha value is -3.00. The zero-order valence-corrected chi connectivity index (χ0v) is 14.9. The minimum absolute atomic E-state index is 0.254. The molecule has 1 aromatic carbocycles. The van der Waals surface area contributed by atoms with Crippen molar-refractivity contribution in [1.82, 2.24) is 24.5 Å². The molecular formula is C18H21N7O. The molecule has 0 radical (unpaired) electrons. The first-order chi connectivity index (χ1) is 12.6. The Morgan fingerprint density at radius 1 is 1.19 bits per heavy atom. The molecule has 4 rings (SSSR count). The number of hydrogen-bond donors (Lipinski definition) is 1. The Bertz CT molecular complexity index is 944. The lowest BCUT2D eigenvalue weighted by atomic mass is 10.1. The molecule has 1 aliphatic rings. The summed E-state index contributed by atoms with van der Waals surface area (Å²) in [6.45, 7) is 6.17. The number of amides is 1. The molecule has 2 aromatic heterocycles. The molecule has 1 amide bonds. The number of piperazine rings is 1. The summed E-state index contributed by atoms with van der Waals surface area (Å²) in [5.41, 5.74) is 3.94. The molecule has 1 saturated heterocycles. The van der Waals surface area contributed by atoms with Gasteiger partial charge in [0.05, 0.1) is 6.20 Å². The van der Waals surface area contributed by atoms with Crippen molar-refractivity contribution in [3.05, 3.63) is 48.2 Å². The third-order valence-corrected chi connectivity index (χ3v) is 4.74. The van der Waals surface area contributed by atoms with Crippen LogP contribution >= 0.6 is 0 Å². The van der Waals surface area contributed by atoms with Crippen molar-refractivity contribution in [1.29, 1.82) is 0 Å². The van der Waals surface area contributed by atoms with Crippen LogP contribution in [0.25, 0.3) is 5.65 Å². The molecule has 3 heterocycles. The Morgan fingerprint density at radius 2 is 2.00 bits per heavy atom. The quantitative estimate of drug-likeness (QED) is 0.769. The highest BCUT2D eigenvalue weighted by Gasteiger charge is 2.16. The first-order valence-electron chi connectivity index (χ1n) is 8.61. The Balaban J connectivity index is 1.49. The summed E-state index contributed by atoms with van der Waals surface area (Å²) in [5.74, 6) is -0.254. The minimum atomic E-state index is -0.254.